The van der Waals surface area contributed by atoms with Gasteiger partial charge in [-0.25, -0.2) is 0 Å². The van der Waals surface area contributed by atoms with E-state index in [0.717, 1.165) is 16.9 Å². The first-order chi connectivity index (χ1) is 14.0. The Morgan fingerprint density at radius 3 is 2.28 bits per heavy atom. The van der Waals surface area contributed by atoms with E-state index in [1.807, 2.05) is 44.2 Å². The van der Waals surface area contributed by atoms with Gasteiger partial charge in [0.05, 0.1) is 24.4 Å². The van der Waals surface area contributed by atoms with Crippen LogP contribution in [0.2, 0.25) is 0 Å². The maximum Gasteiger partial charge on any atom is 0.255 e. The summed E-state index contributed by atoms with van der Waals surface area (Å²) in [5.74, 6) is 0.187. The summed E-state index contributed by atoms with van der Waals surface area (Å²) in [5.41, 5.74) is 3.24. The van der Waals surface area contributed by atoms with Crippen LogP contribution in [0, 0.1) is 6.92 Å². The molecule has 0 aliphatic heterocycles. The topological polar surface area (TPSA) is 67.4 Å². The zero-order chi connectivity index (χ0) is 20.8. The standard InChI is InChI=1S/C24H24N2O3/c1-16-15-19(13-14-22(16)29-3)23(27)26-21-12-8-7-11-20(21)24(28)25-17(2)18-9-5-4-6-10-18/h4-15,17H,1-3H3,(H,25,28)(H,26,27)/t17-/m0/s1. The van der Waals surface area contributed by atoms with E-state index in [-0.39, 0.29) is 17.9 Å². The van der Waals surface area contributed by atoms with Crippen molar-refractivity contribution in [1.29, 1.82) is 0 Å². The Labute approximate surface area is 170 Å². The second-order valence-corrected chi connectivity index (χ2v) is 6.79. The highest BCUT2D eigenvalue weighted by Gasteiger charge is 2.17. The number of methoxy groups -OCH3 is 1. The van der Waals surface area contributed by atoms with Gasteiger partial charge < -0.3 is 15.4 Å². The van der Waals surface area contributed by atoms with Crippen LogP contribution in [0.4, 0.5) is 5.69 Å². The number of amides is 2. The fourth-order valence-corrected chi connectivity index (χ4v) is 3.10. The number of carbonyl (C=O) groups is 2. The molecule has 0 aliphatic rings. The molecule has 1 atom stereocenters. The van der Waals surface area contributed by atoms with Crippen molar-refractivity contribution in [3.05, 3.63) is 95.1 Å². The first-order valence-electron chi connectivity index (χ1n) is 9.40. The van der Waals surface area contributed by atoms with Gasteiger partial charge in [0, 0.05) is 5.56 Å². The molecule has 2 N–H and O–H groups in total. The molecular weight excluding hydrogens is 364 g/mol. The van der Waals surface area contributed by atoms with Crippen molar-refractivity contribution in [1.82, 2.24) is 5.32 Å². The summed E-state index contributed by atoms with van der Waals surface area (Å²) in [7, 11) is 1.59. The summed E-state index contributed by atoms with van der Waals surface area (Å²) in [6.45, 7) is 3.80. The van der Waals surface area contributed by atoms with Crippen molar-refractivity contribution in [3.63, 3.8) is 0 Å². The number of ether oxygens (including phenoxy) is 1. The van der Waals surface area contributed by atoms with Crippen molar-refractivity contribution in [2.75, 3.05) is 12.4 Å². The van der Waals surface area contributed by atoms with Crippen molar-refractivity contribution >= 4 is 17.5 Å². The molecule has 0 saturated carbocycles. The molecule has 0 fully saturated rings. The summed E-state index contributed by atoms with van der Waals surface area (Å²) in [5, 5.41) is 5.83. The lowest BCUT2D eigenvalue weighted by Gasteiger charge is -2.16. The van der Waals surface area contributed by atoms with E-state index in [1.165, 1.54) is 0 Å². The zero-order valence-corrected chi connectivity index (χ0v) is 16.7. The smallest absolute Gasteiger partial charge is 0.255 e. The highest BCUT2D eigenvalue weighted by atomic mass is 16.5. The molecule has 5 nitrogen and oxygen atoms in total. The van der Waals surface area contributed by atoms with E-state index in [2.05, 4.69) is 10.6 Å². The fraction of sp³-hybridized carbons (Fsp3) is 0.167. The SMILES string of the molecule is COc1ccc(C(=O)Nc2ccccc2C(=O)N[C@@H](C)c2ccccc2)cc1C. The van der Waals surface area contributed by atoms with Crippen LogP contribution in [0.3, 0.4) is 0 Å². The molecule has 0 unspecified atom stereocenters. The third-order valence-corrected chi connectivity index (χ3v) is 4.72. The van der Waals surface area contributed by atoms with Crippen LogP contribution < -0.4 is 15.4 Å². The third-order valence-electron chi connectivity index (χ3n) is 4.72. The largest absolute Gasteiger partial charge is 0.496 e. The monoisotopic (exact) mass is 388 g/mol. The molecular formula is C24H24N2O3. The van der Waals surface area contributed by atoms with Gasteiger partial charge in [0.15, 0.2) is 0 Å². The Balaban J connectivity index is 1.77. The van der Waals surface area contributed by atoms with E-state index in [0.29, 0.717) is 16.8 Å². The zero-order valence-electron chi connectivity index (χ0n) is 16.7. The van der Waals surface area contributed by atoms with Crippen LogP contribution in [0.1, 0.15) is 44.8 Å². The average Bonchev–Trinajstić information content (AvgIpc) is 2.74. The number of nitrogens with one attached hydrogen (secondary N) is 2. The Morgan fingerprint density at radius 1 is 0.897 bits per heavy atom. The lowest BCUT2D eigenvalue weighted by atomic mass is 10.1. The molecule has 148 valence electrons. The highest BCUT2D eigenvalue weighted by Crippen LogP contribution is 2.21. The van der Waals surface area contributed by atoms with Crippen molar-refractivity contribution < 1.29 is 14.3 Å². The second kappa shape index (κ2) is 9.06. The number of benzene rings is 3. The van der Waals surface area contributed by atoms with E-state index in [9.17, 15) is 9.59 Å². The molecule has 0 bridgehead atoms. The molecule has 3 aromatic rings. The number of aryl methyl sites for hydroxylation is 1. The summed E-state index contributed by atoms with van der Waals surface area (Å²) in [4.78, 5) is 25.5. The predicted octanol–water partition coefficient (Wildman–Crippen LogP) is 4.75. The molecule has 3 aromatic carbocycles. The molecule has 0 radical (unpaired) electrons. The second-order valence-electron chi connectivity index (χ2n) is 6.79. The summed E-state index contributed by atoms with van der Waals surface area (Å²) >= 11 is 0. The van der Waals surface area contributed by atoms with E-state index < -0.39 is 0 Å². The quantitative estimate of drug-likeness (QED) is 0.640. The van der Waals surface area contributed by atoms with E-state index in [1.54, 1.807) is 49.6 Å². The highest BCUT2D eigenvalue weighted by molar-refractivity contribution is 6.09. The van der Waals surface area contributed by atoms with Gasteiger partial charge in [0.1, 0.15) is 5.75 Å². The molecule has 3 rings (SSSR count). The van der Waals surface area contributed by atoms with Gasteiger partial charge in [-0.3, -0.25) is 9.59 Å². The third kappa shape index (κ3) is 4.82. The van der Waals surface area contributed by atoms with Gasteiger partial charge in [-0.05, 0) is 55.3 Å². The van der Waals surface area contributed by atoms with E-state index >= 15 is 0 Å². The number of anilines is 1. The van der Waals surface area contributed by atoms with Gasteiger partial charge >= 0.3 is 0 Å². The van der Waals surface area contributed by atoms with Crippen LogP contribution in [0.15, 0.2) is 72.8 Å². The first kappa shape index (κ1) is 20.1. The van der Waals surface area contributed by atoms with Crippen LogP contribution in [0.25, 0.3) is 0 Å². The Bertz CT molecular complexity index is 1020. The lowest BCUT2D eigenvalue weighted by Crippen LogP contribution is -2.28. The minimum atomic E-state index is -0.285. The summed E-state index contributed by atoms with van der Waals surface area (Å²) in [6, 6.07) is 21.8. The Morgan fingerprint density at radius 2 is 1.59 bits per heavy atom. The predicted molar refractivity (Wildman–Crippen MR) is 114 cm³/mol. The Hall–Kier alpha value is -3.60. The molecule has 0 saturated heterocycles. The van der Waals surface area contributed by atoms with Gasteiger partial charge in [-0.2, -0.15) is 0 Å². The molecule has 29 heavy (non-hydrogen) atoms. The maximum absolute atomic E-state index is 12.8. The minimum absolute atomic E-state index is 0.156. The normalized spacial score (nSPS) is 11.4. The number of para-hydroxylation sites is 1. The van der Waals surface area contributed by atoms with Gasteiger partial charge in [-0.15, -0.1) is 0 Å². The fourth-order valence-electron chi connectivity index (χ4n) is 3.10. The number of hydrogen-bond acceptors (Lipinski definition) is 3. The number of hydrogen-bond donors (Lipinski definition) is 2. The summed E-state index contributed by atoms with van der Waals surface area (Å²) in [6.07, 6.45) is 0. The maximum atomic E-state index is 12.8. The lowest BCUT2D eigenvalue weighted by molar-refractivity contribution is 0.0941. The van der Waals surface area contributed by atoms with Crippen LogP contribution in [-0.4, -0.2) is 18.9 Å². The molecule has 0 spiro atoms. The molecule has 0 aromatic heterocycles. The van der Waals surface area contributed by atoms with Crippen molar-refractivity contribution in [2.45, 2.75) is 19.9 Å². The number of rotatable bonds is 6. The van der Waals surface area contributed by atoms with E-state index in [4.69, 9.17) is 4.74 Å². The molecule has 5 heteroatoms. The van der Waals surface area contributed by atoms with Gasteiger partial charge in [0.2, 0.25) is 0 Å². The summed E-state index contributed by atoms with van der Waals surface area (Å²) < 4.78 is 5.24. The Kier molecular flexibility index (Phi) is 6.29. The first-order valence-corrected chi connectivity index (χ1v) is 9.40. The average molecular weight is 388 g/mol. The molecule has 0 heterocycles. The van der Waals surface area contributed by atoms with Gasteiger partial charge in [-0.1, -0.05) is 42.5 Å². The van der Waals surface area contributed by atoms with Crippen molar-refractivity contribution in [3.8, 4) is 5.75 Å². The molecule has 0 aliphatic carbocycles. The van der Waals surface area contributed by atoms with Crippen LogP contribution in [0.5, 0.6) is 5.75 Å². The minimum Gasteiger partial charge on any atom is -0.496 e. The molecule has 2 amide bonds. The van der Waals surface area contributed by atoms with Crippen LogP contribution >= 0.6 is 0 Å². The van der Waals surface area contributed by atoms with Crippen molar-refractivity contribution in [2.24, 2.45) is 0 Å². The number of carbonyl (C=O) groups excluding carboxylic acids is 2. The van der Waals surface area contributed by atoms with Crippen LogP contribution in [-0.2, 0) is 0 Å². The van der Waals surface area contributed by atoms with Gasteiger partial charge in [0.25, 0.3) is 11.8 Å².